The van der Waals surface area contributed by atoms with Crippen molar-refractivity contribution in [2.75, 3.05) is 5.32 Å². The number of fused-ring (bicyclic) bond motifs is 1. The zero-order valence-corrected chi connectivity index (χ0v) is 13.0. The summed E-state index contributed by atoms with van der Waals surface area (Å²) >= 11 is 0. The highest BCUT2D eigenvalue weighted by Crippen LogP contribution is 2.40. The summed E-state index contributed by atoms with van der Waals surface area (Å²) in [5.74, 6) is -3.83. The number of rotatable bonds is 3. The zero-order chi connectivity index (χ0) is 17.6. The molecule has 1 fully saturated rings. The number of carbonyl (C=O) groups is 1. The van der Waals surface area contributed by atoms with Gasteiger partial charge in [0.05, 0.1) is 16.8 Å². The van der Waals surface area contributed by atoms with E-state index in [4.69, 9.17) is 0 Å². The molecule has 3 nitrogen and oxygen atoms in total. The quantitative estimate of drug-likeness (QED) is 0.696. The van der Waals surface area contributed by atoms with Gasteiger partial charge >= 0.3 is 0 Å². The number of para-hydroxylation sites is 1. The maximum atomic E-state index is 13.8. The maximum absolute atomic E-state index is 13.8. The molecular weight excluding hydrogens is 329 g/mol. The van der Waals surface area contributed by atoms with E-state index in [0.717, 1.165) is 18.5 Å². The molecule has 1 aliphatic rings. The van der Waals surface area contributed by atoms with E-state index in [9.17, 15) is 18.0 Å². The van der Waals surface area contributed by atoms with Crippen molar-refractivity contribution in [3.05, 3.63) is 71.2 Å². The number of hydrogen-bond donors (Lipinski definition) is 1. The van der Waals surface area contributed by atoms with Gasteiger partial charge in [0, 0.05) is 29.1 Å². The van der Waals surface area contributed by atoms with Gasteiger partial charge in [0.15, 0.2) is 11.6 Å². The number of carbonyl (C=O) groups excluding carboxylic acids is 1. The molecule has 1 amide bonds. The van der Waals surface area contributed by atoms with Gasteiger partial charge in [0.25, 0.3) is 5.91 Å². The Kier molecular flexibility index (Phi) is 3.67. The third-order valence-corrected chi connectivity index (χ3v) is 4.23. The van der Waals surface area contributed by atoms with Gasteiger partial charge < -0.3 is 5.32 Å². The Balaban J connectivity index is 1.76. The van der Waals surface area contributed by atoms with Crippen LogP contribution in [0.25, 0.3) is 10.9 Å². The number of anilines is 1. The van der Waals surface area contributed by atoms with Gasteiger partial charge in [0.1, 0.15) is 5.82 Å². The molecule has 4 rings (SSSR count). The van der Waals surface area contributed by atoms with E-state index in [1.165, 1.54) is 0 Å². The minimum Gasteiger partial charge on any atom is -0.319 e. The standard InChI is InChI=1S/C19H13F3N2O/c20-13-8-15(22)18(9-14(13)21)24-19(25)12-7-17(10-5-6-10)23-16-4-2-1-3-11(12)16/h1-4,7-10H,5-6H2,(H,24,25). The van der Waals surface area contributed by atoms with Crippen molar-refractivity contribution in [3.63, 3.8) is 0 Å². The van der Waals surface area contributed by atoms with Crippen molar-refractivity contribution in [3.8, 4) is 0 Å². The van der Waals surface area contributed by atoms with E-state index in [1.54, 1.807) is 24.3 Å². The van der Waals surface area contributed by atoms with E-state index >= 15 is 0 Å². The first-order valence-electron chi connectivity index (χ1n) is 7.88. The van der Waals surface area contributed by atoms with Crippen molar-refractivity contribution in [2.24, 2.45) is 0 Å². The van der Waals surface area contributed by atoms with E-state index in [2.05, 4.69) is 10.3 Å². The number of halogens is 3. The Hall–Kier alpha value is -2.89. The predicted octanol–water partition coefficient (Wildman–Crippen LogP) is 4.78. The number of aromatic nitrogens is 1. The molecule has 1 aliphatic carbocycles. The van der Waals surface area contributed by atoms with Gasteiger partial charge in [-0.3, -0.25) is 9.78 Å². The Bertz CT molecular complexity index is 999. The van der Waals surface area contributed by atoms with Crippen molar-refractivity contribution in [1.29, 1.82) is 0 Å². The van der Waals surface area contributed by atoms with Crippen molar-refractivity contribution >= 4 is 22.5 Å². The van der Waals surface area contributed by atoms with Gasteiger partial charge in [-0.25, -0.2) is 13.2 Å². The third-order valence-electron chi connectivity index (χ3n) is 4.23. The van der Waals surface area contributed by atoms with Crippen molar-refractivity contribution < 1.29 is 18.0 Å². The summed E-state index contributed by atoms with van der Waals surface area (Å²) in [5, 5.41) is 2.94. The molecule has 0 saturated heterocycles. The van der Waals surface area contributed by atoms with Crippen LogP contribution in [0, 0.1) is 17.5 Å². The Morgan fingerprint density at radius 3 is 2.48 bits per heavy atom. The first-order chi connectivity index (χ1) is 12.0. The van der Waals surface area contributed by atoms with Crippen LogP contribution >= 0.6 is 0 Å². The van der Waals surface area contributed by atoms with Gasteiger partial charge in [-0.2, -0.15) is 0 Å². The minimum absolute atomic E-state index is 0.330. The largest absolute Gasteiger partial charge is 0.319 e. The molecule has 25 heavy (non-hydrogen) atoms. The van der Waals surface area contributed by atoms with Crippen LogP contribution in [0.1, 0.15) is 34.8 Å². The normalized spacial score (nSPS) is 13.9. The molecule has 1 N–H and O–H groups in total. The van der Waals surface area contributed by atoms with E-state index in [0.29, 0.717) is 34.5 Å². The van der Waals surface area contributed by atoms with Gasteiger partial charge in [-0.15, -0.1) is 0 Å². The molecule has 0 bridgehead atoms. The van der Waals surface area contributed by atoms with Crippen LogP contribution in [0.3, 0.4) is 0 Å². The number of pyridine rings is 1. The fraction of sp³-hybridized carbons (Fsp3) is 0.158. The van der Waals surface area contributed by atoms with Crippen LogP contribution in [0.2, 0.25) is 0 Å². The first kappa shape index (κ1) is 15.6. The summed E-state index contributed by atoms with van der Waals surface area (Å²) in [6.07, 6.45) is 2.04. The lowest BCUT2D eigenvalue weighted by Crippen LogP contribution is -2.15. The predicted molar refractivity (Wildman–Crippen MR) is 88.0 cm³/mol. The lowest BCUT2D eigenvalue weighted by molar-refractivity contribution is 0.102. The summed E-state index contributed by atoms with van der Waals surface area (Å²) in [4.78, 5) is 17.2. The number of nitrogens with one attached hydrogen (secondary N) is 1. The molecule has 2 aromatic carbocycles. The lowest BCUT2D eigenvalue weighted by Gasteiger charge is -2.11. The molecule has 1 saturated carbocycles. The minimum atomic E-state index is -1.30. The van der Waals surface area contributed by atoms with Crippen LogP contribution in [0.5, 0.6) is 0 Å². The molecule has 0 atom stereocenters. The van der Waals surface area contributed by atoms with Gasteiger partial charge in [0.2, 0.25) is 0 Å². The molecule has 6 heteroatoms. The van der Waals surface area contributed by atoms with Crippen LogP contribution < -0.4 is 5.32 Å². The van der Waals surface area contributed by atoms with Crippen molar-refractivity contribution in [1.82, 2.24) is 4.98 Å². The second-order valence-electron chi connectivity index (χ2n) is 6.09. The highest BCUT2D eigenvalue weighted by molar-refractivity contribution is 6.12. The second-order valence-corrected chi connectivity index (χ2v) is 6.09. The summed E-state index contributed by atoms with van der Waals surface area (Å²) in [6, 6.07) is 9.87. The average molecular weight is 342 g/mol. The number of amides is 1. The molecule has 1 aromatic heterocycles. The second kappa shape index (κ2) is 5.88. The van der Waals surface area contributed by atoms with E-state index < -0.39 is 29.0 Å². The first-order valence-corrected chi connectivity index (χ1v) is 7.88. The summed E-state index contributed by atoms with van der Waals surface area (Å²) in [7, 11) is 0. The number of benzene rings is 2. The monoisotopic (exact) mass is 342 g/mol. The van der Waals surface area contributed by atoms with Crippen molar-refractivity contribution in [2.45, 2.75) is 18.8 Å². The molecule has 3 aromatic rings. The highest BCUT2D eigenvalue weighted by atomic mass is 19.2. The third kappa shape index (κ3) is 2.95. The topological polar surface area (TPSA) is 42.0 Å². The van der Waals surface area contributed by atoms with Crippen LogP contribution in [-0.4, -0.2) is 10.9 Å². The summed E-state index contributed by atoms with van der Waals surface area (Å²) < 4.78 is 40.2. The molecule has 1 heterocycles. The molecule has 0 spiro atoms. The molecule has 126 valence electrons. The zero-order valence-electron chi connectivity index (χ0n) is 13.0. The van der Waals surface area contributed by atoms with Crippen LogP contribution in [-0.2, 0) is 0 Å². The molecular formula is C19H13F3N2O. The Morgan fingerprint density at radius 1 is 1.00 bits per heavy atom. The molecule has 0 aliphatic heterocycles. The number of hydrogen-bond acceptors (Lipinski definition) is 2. The molecule has 0 unspecified atom stereocenters. The van der Waals surface area contributed by atoms with Gasteiger partial charge in [-0.05, 0) is 25.0 Å². The SMILES string of the molecule is O=C(Nc1cc(F)c(F)cc1F)c1cc(C2CC2)nc2ccccc12. The fourth-order valence-electron chi connectivity index (χ4n) is 2.78. The fourth-order valence-corrected chi connectivity index (χ4v) is 2.78. The summed E-state index contributed by atoms with van der Waals surface area (Å²) in [6.45, 7) is 0. The highest BCUT2D eigenvalue weighted by Gasteiger charge is 2.27. The van der Waals surface area contributed by atoms with Crippen LogP contribution in [0.15, 0.2) is 42.5 Å². The van der Waals surface area contributed by atoms with E-state index in [1.807, 2.05) is 6.07 Å². The maximum Gasteiger partial charge on any atom is 0.256 e. The summed E-state index contributed by atoms with van der Waals surface area (Å²) in [5.41, 5.74) is 1.41. The molecule has 0 radical (unpaired) electrons. The Morgan fingerprint density at radius 2 is 1.72 bits per heavy atom. The van der Waals surface area contributed by atoms with Gasteiger partial charge in [-0.1, -0.05) is 18.2 Å². The lowest BCUT2D eigenvalue weighted by atomic mass is 10.1. The van der Waals surface area contributed by atoms with E-state index in [-0.39, 0.29) is 0 Å². The number of nitrogens with zero attached hydrogens (tertiary/aromatic N) is 1. The smallest absolute Gasteiger partial charge is 0.256 e. The average Bonchev–Trinajstić information content (AvgIpc) is 3.43. The Labute approximate surface area is 141 Å². The van der Waals surface area contributed by atoms with Crippen LogP contribution in [0.4, 0.5) is 18.9 Å².